The second-order valence-electron chi connectivity index (χ2n) is 4.88. The second-order valence-corrected chi connectivity index (χ2v) is 6.56. The number of rotatable bonds is 3. The van der Waals surface area contributed by atoms with E-state index in [4.69, 9.17) is 9.72 Å². The standard InChI is InChI=1S/C15H14N4OS2/c1-7-21-10-11(1)12-9-17-15(19-3-5-20-6-4-19)18-13(12)14-16-2-8-22-14/h1-2,7-10H,3-6H2. The summed E-state index contributed by atoms with van der Waals surface area (Å²) in [5.74, 6) is 0.757. The topological polar surface area (TPSA) is 51.1 Å². The zero-order valence-corrected chi connectivity index (χ0v) is 13.4. The fraction of sp³-hybridized carbons (Fsp3) is 0.267. The fourth-order valence-electron chi connectivity index (χ4n) is 2.42. The van der Waals surface area contributed by atoms with Gasteiger partial charge in [0.2, 0.25) is 5.95 Å². The fourth-order valence-corrected chi connectivity index (χ4v) is 3.72. The number of nitrogens with zero attached hydrogens (tertiary/aromatic N) is 4. The Labute approximate surface area is 136 Å². The third-order valence-electron chi connectivity index (χ3n) is 3.54. The van der Waals surface area contributed by atoms with Crippen molar-refractivity contribution in [3.63, 3.8) is 0 Å². The molecule has 4 rings (SSSR count). The van der Waals surface area contributed by atoms with Crippen molar-refractivity contribution in [1.29, 1.82) is 0 Å². The van der Waals surface area contributed by atoms with E-state index in [0.29, 0.717) is 0 Å². The summed E-state index contributed by atoms with van der Waals surface area (Å²) in [6, 6.07) is 2.09. The normalized spacial score (nSPS) is 15.2. The van der Waals surface area contributed by atoms with Gasteiger partial charge in [0.25, 0.3) is 0 Å². The van der Waals surface area contributed by atoms with Crippen LogP contribution in [0.15, 0.2) is 34.6 Å². The van der Waals surface area contributed by atoms with Gasteiger partial charge < -0.3 is 9.64 Å². The molecule has 0 radical (unpaired) electrons. The summed E-state index contributed by atoms with van der Waals surface area (Å²) >= 11 is 3.27. The van der Waals surface area contributed by atoms with Crippen molar-refractivity contribution in [3.05, 3.63) is 34.6 Å². The molecule has 0 aliphatic carbocycles. The van der Waals surface area contributed by atoms with E-state index in [9.17, 15) is 0 Å². The van der Waals surface area contributed by atoms with Crippen molar-refractivity contribution < 1.29 is 4.74 Å². The van der Waals surface area contributed by atoms with Gasteiger partial charge in [-0.25, -0.2) is 15.0 Å². The minimum atomic E-state index is 0.724. The van der Waals surface area contributed by atoms with Crippen molar-refractivity contribution in [3.8, 4) is 21.8 Å². The number of thiophene rings is 1. The van der Waals surface area contributed by atoms with Gasteiger partial charge in [-0.15, -0.1) is 11.3 Å². The molecule has 0 amide bonds. The lowest BCUT2D eigenvalue weighted by atomic mass is 10.1. The molecule has 0 unspecified atom stereocenters. The van der Waals surface area contributed by atoms with Gasteiger partial charge in [0, 0.05) is 36.4 Å². The largest absolute Gasteiger partial charge is 0.378 e. The van der Waals surface area contributed by atoms with Crippen molar-refractivity contribution >= 4 is 28.6 Å². The second kappa shape index (κ2) is 6.12. The van der Waals surface area contributed by atoms with Gasteiger partial charge in [0.15, 0.2) is 0 Å². The summed E-state index contributed by atoms with van der Waals surface area (Å²) in [5, 5.41) is 7.09. The summed E-state index contributed by atoms with van der Waals surface area (Å²) in [7, 11) is 0. The van der Waals surface area contributed by atoms with Crippen LogP contribution in [0.5, 0.6) is 0 Å². The van der Waals surface area contributed by atoms with Gasteiger partial charge >= 0.3 is 0 Å². The number of aromatic nitrogens is 3. The average molecular weight is 330 g/mol. The van der Waals surface area contributed by atoms with Crippen LogP contribution in [0.2, 0.25) is 0 Å². The maximum Gasteiger partial charge on any atom is 0.226 e. The zero-order valence-electron chi connectivity index (χ0n) is 11.8. The molecule has 1 saturated heterocycles. The van der Waals surface area contributed by atoms with Crippen LogP contribution >= 0.6 is 22.7 Å². The Morgan fingerprint density at radius 2 is 2.05 bits per heavy atom. The average Bonchev–Trinajstić information content (AvgIpc) is 3.29. The Bertz CT molecular complexity index is 737. The summed E-state index contributed by atoms with van der Waals surface area (Å²) < 4.78 is 5.40. The SMILES string of the molecule is c1csc(-c2nc(N3CCOCC3)ncc2-c2ccsc2)n1. The Hall–Kier alpha value is -1.83. The first-order valence-electron chi connectivity index (χ1n) is 7.04. The molecule has 0 N–H and O–H groups in total. The molecule has 1 aliphatic rings. The van der Waals surface area contributed by atoms with E-state index in [1.807, 2.05) is 17.8 Å². The lowest BCUT2D eigenvalue weighted by molar-refractivity contribution is 0.122. The van der Waals surface area contributed by atoms with Crippen LogP contribution in [0.1, 0.15) is 0 Å². The molecule has 0 saturated carbocycles. The highest BCUT2D eigenvalue weighted by molar-refractivity contribution is 7.13. The third kappa shape index (κ3) is 2.63. The Morgan fingerprint density at radius 3 is 2.77 bits per heavy atom. The lowest BCUT2D eigenvalue weighted by Gasteiger charge is -2.27. The molecule has 3 aromatic rings. The summed E-state index contributed by atoms with van der Waals surface area (Å²) in [6.45, 7) is 3.11. The van der Waals surface area contributed by atoms with Crippen molar-refractivity contribution in [2.45, 2.75) is 0 Å². The van der Waals surface area contributed by atoms with Crippen LogP contribution < -0.4 is 4.90 Å². The Morgan fingerprint density at radius 1 is 1.14 bits per heavy atom. The number of anilines is 1. The molecule has 5 nitrogen and oxygen atoms in total. The molecule has 3 aromatic heterocycles. The van der Waals surface area contributed by atoms with E-state index in [-0.39, 0.29) is 0 Å². The van der Waals surface area contributed by atoms with Crippen LogP contribution in [0.25, 0.3) is 21.8 Å². The molecule has 4 heterocycles. The minimum absolute atomic E-state index is 0.724. The molecular formula is C15H14N4OS2. The van der Waals surface area contributed by atoms with Gasteiger partial charge in [-0.2, -0.15) is 11.3 Å². The summed E-state index contributed by atoms with van der Waals surface area (Å²) in [4.78, 5) is 16.0. The Balaban J connectivity index is 1.79. The Kier molecular flexibility index (Phi) is 3.84. The number of hydrogen-bond acceptors (Lipinski definition) is 7. The maximum absolute atomic E-state index is 5.40. The van der Waals surface area contributed by atoms with Gasteiger partial charge in [-0.3, -0.25) is 0 Å². The van der Waals surface area contributed by atoms with E-state index in [1.165, 1.54) is 0 Å². The van der Waals surface area contributed by atoms with Crippen molar-refractivity contribution in [2.75, 3.05) is 31.2 Å². The van der Waals surface area contributed by atoms with E-state index in [1.54, 1.807) is 22.7 Å². The summed E-state index contributed by atoms with van der Waals surface area (Å²) in [6.07, 6.45) is 3.73. The lowest BCUT2D eigenvalue weighted by Crippen LogP contribution is -2.37. The predicted octanol–water partition coefficient (Wildman–Crippen LogP) is 3.17. The number of thiazole rings is 1. The maximum atomic E-state index is 5.40. The molecule has 7 heteroatoms. The predicted molar refractivity (Wildman–Crippen MR) is 89.5 cm³/mol. The van der Waals surface area contributed by atoms with Crippen molar-refractivity contribution in [2.24, 2.45) is 0 Å². The zero-order chi connectivity index (χ0) is 14.8. The van der Waals surface area contributed by atoms with Gasteiger partial charge in [0.05, 0.1) is 13.2 Å². The highest BCUT2D eigenvalue weighted by atomic mass is 32.1. The monoisotopic (exact) mass is 330 g/mol. The van der Waals surface area contributed by atoms with Crippen LogP contribution in [0.3, 0.4) is 0 Å². The van der Waals surface area contributed by atoms with E-state index in [2.05, 4.69) is 31.7 Å². The van der Waals surface area contributed by atoms with E-state index < -0.39 is 0 Å². The molecule has 0 aromatic carbocycles. The first kappa shape index (κ1) is 13.8. The van der Waals surface area contributed by atoms with Gasteiger partial charge in [-0.05, 0) is 22.4 Å². The quantitative estimate of drug-likeness (QED) is 0.738. The van der Waals surface area contributed by atoms with Crippen LogP contribution in [-0.2, 0) is 4.74 Å². The molecule has 1 fully saturated rings. The van der Waals surface area contributed by atoms with Gasteiger partial charge in [-0.1, -0.05) is 0 Å². The number of ether oxygens (including phenoxy) is 1. The van der Waals surface area contributed by atoms with Gasteiger partial charge in [0.1, 0.15) is 10.7 Å². The number of morpholine rings is 1. The molecular weight excluding hydrogens is 316 g/mol. The molecule has 0 bridgehead atoms. The van der Waals surface area contributed by atoms with Crippen LogP contribution in [0, 0.1) is 0 Å². The summed E-state index contributed by atoms with van der Waals surface area (Å²) in [5.41, 5.74) is 3.09. The van der Waals surface area contributed by atoms with Crippen molar-refractivity contribution in [1.82, 2.24) is 15.0 Å². The minimum Gasteiger partial charge on any atom is -0.378 e. The molecule has 22 heavy (non-hydrogen) atoms. The molecule has 0 atom stereocenters. The van der Waals surface area contributed by atoms with Crippen LogP contribution in [0.4, 0.5) is 5.95 Å². The highest BCUT2D eigenvalue weighted by Gasteiger charge is 2.18. The molecule has 0 spiro atoms. The van der Waals surface area contributed by atoms with E-state index >= 15 is 0 Å². The number of hydrogen-bond donors (Lipinski definition) is 0. The molecule has 112 valence electrons. The highest BCUT2D eigenvalue weighted by Crippen LogP contribution is 2.33. The first-order valence-corrected chi connectivity index (χ1v) is 8.86. The third-order valence-corrected chi connectivity index (χ3v) is 5.00. The van der Waals surface area contributed by atoms with Crippen LogP contribution in [-0.4, -0.2) is 41.3 Å². The first-order chi connectivity index (χ1) is 10.9. The van der Waals surface area contributed by atoms with E-state index in [0.717, 1.165) is 54.1 Å². The smallest absolute Gasteiger partial charge is 0.226 e. The molecule has 1 aliphatic heterocycles.